The predicted molar refractivity (Wildman–Crippen MR) is 86.0 cm³/mol. The van der Waals surface area contributed by atoms with Crippen molar-refractivity contribution in [2.75, 3.05) is 18.5 Å². The fraction of sp³-hybridized carbons (Fsp3) is 0.294. The maximum atomic E-state index is 6.25. The quantitative estimate of drug-likeness (QED) is 0.769. The summed E-state index contributed by atoms with van der Waals surface area (Å²) in [5.74, 6) is 0.914. The summed E-state index contributed by atoms with van der Waals surface area (Å²) in [6.45, 7) is 5.66. The molecule has 106 valence electrons. The van der Waals surface area contributed by atoms with Gasteiger partial charge in [0.25, 0.3) is 0 Å². The van der Waals surface area contributed by atoms with Gasteiger partial charge in [-0.3, -0.25) is 0 Å². The number of ether oxygens (including phenoxy) is 1. The summed E-state index contributed by atoms with van der Waals surface area (Å²) in [5.41, 5.74) is 3.39. The van der Waals surface area contributed by atoms with Crippen LogP contribution in [0.5, 0.6) is 5.75 Å². The molecule has 2 aromatic rings. The summed E-state index contributed by atoms with van der Waals surface area (Å²) in [6.07, 6.45) is 0.929. The van der Waals surface area contributed by atoms with Gasteiger partial charge in [0.2, 0.25) is 0 Å². The molecule has 0 radical (unpaired) electrons. The van der Waals surface area contributed by atoms with E-state index in [0.29, 0.717) is 6.61 Å². The molecule has 1 N–H and O–H groups in total. The van der Waals surface area contributed by atoms with Gasteiger partial charge in [-0.2, -0.15) is 0 Å². The molecule has 0 fully saturated rings. The number of rotatable bonds is 6. The van der Waals surface area contributed by atoms with Crippen LogP contribution >= 0.6 is 11.6 Å². The predicted octanol–water partition coefficient (Wildman–Crippen LogP) is 4.84. The van der Waals surface area contributed by atoms with Crippen LogP contribution in [0.4, 0.5) is 5.69 Å². The van der Waals surface area contributed by atoms with E-state index >= 15 is 0 Å². The van der Waals surface area contributed by atoms with E-state index in [1.807, 2.05) is 36.4 Å². The first-order valence-electron chi connectivity index (χ1n) is 6.85. The normalized spacial score (nSPS) is 10.3. The molecule has 0 atom stereocenters. The monoisotopic (exact) mass is 289 g/mol. The van der Waals surface area contributed by atoms with Crippen molar-refractivity contribution in [2.24, 2.45) is 0 Å². The maximum absolute atomic E-state index is 6.25. The van der Waals surface area contributed by atoms with E-state index in [1.54, 1.807) is 0 Å². The molecule has 0 amide bonds. The minimum Gasteiger partial charge on any atom is -0.494 e. The number of aryl methyl sites for hydroxylation is 2. The Labute approximate surface area is 125 Å². The van der Waals surface area contributed by atoms with Gasteiger partial charge in [0.1, 0.15) is 5.75 Å². The number of benzene rings is 2. The number of nitrogens with one attached hydrogen (secondary N) is 1. The van der Waals surface area contributed by atoms with Gasteiger partial charge in [-0.1, -0.05) is 35.9 Å². The second-order valence-corrected chi connectivity index (χ2v) is 5.29. The molecule has 2 aromatic carbocycles. The fourth-order valence-electron chi connectivity index (χ4n) is 2.13. The van der Waals surface area contributed by atoms with Gasteiger partial charge in [-0.05, 0) is 49.6 Å². The van der Waals surface area contributed by atoms with Gasteiger partial charge >= 0.3 is 0 Å². The highest BCUT2D eigenvalue weighted by atomic mass is 35.5. The smallest absolute Gasteiger partial charge is 0.119 e. The van der Waals surface area contributed by atoms with Crippen molar-refractivity contribution in [3.05, 3.63) is 58.6 Å². The minimum atomic E-state index is 0.694. The average Bonchev–Trinajstić information content (AvgIpc) is 2.42. The van der Waals surface area contributed by atoms with Crippen LogP contribution in [-0.4, -0.2) is 13.2 Å². The van der Waals surface area contributed by atoms with E-state index in [4.69, 9.17) is 16.3 Å². The van der Waals surface area contributed by atoms with Crippen LogP contribution in [0.3, 0.4) is 0 Å². The van der Waals surface area contributed by atoms with Crippen LogP contribution in [0.1, 0.15) is 17.5 Å². The van der Waals surface area contributed by atoms with Crippen molar-refractivity contribution in [3.8, 4) is 5.75 Å². The SMILES string of the molecule is Cc1cc(C)c(NCCCOc2ccccc2)c(Cl)c1. The van der Waals surface area contributed by atoms with Crippen molar-refractivity contribution in [3.63, 3.8) is 0 Å². The Balaban J connectivity index is 1.76. The summed E-state index contributed by atoms with van der Waals surface area (Å²) >= 11 is 6.25. The van der Waals surface area contributed by atoms with E-state index in [1.165, 1.54) is 11.1 Å². The van der Waals surface area contributed by atoms with Crippen LogP contribution in [-0.2, 0) is 0 Å². The lowest BCUT2D eigenvalue weighted by Crippen LogP contribution is -2.08. The van der Waals surface area contributed by atoms with Crippen LogP contribution < -0.4 is 10.1 Å². The molecule has 3 heteroatoms. The fourth-order valence-corrected chi connectivity index (χ4v) is 2.52. The van der Waals surface area contributed by atoms with Crippen LogP contribution in [0.25, 0.3) is 0 Å². The Morgan fingerprint density at radius 3 is 2.55 bits per heavy atom. The number of anilines is 1. The zero-order valence-corrected chi connectivity index (χ0v) is 12.7. The van der Waals surface area contributed by atoms with Gasteiger partial charge in [0.05, 0.1) is 17.3 Å². The second kappa shape index (κ2) is 7.20. The highest BCUT2D eigenvalue weighted by Gasteiger charge is 2.04. The van der Waals surface area contributed by atoms with Crippen LogP contribution in [0.2, 0.25) is 5.02 Å². The molecule has 0 bridgehead atoms. The molecule has 0 unspecified atom stereocenters. The molecule has 0 aliphatic heterocycles. The molecule has 0 saturated carbocycles. The van der Waals surface area contributed by atoms with E-state index in [9.17, 15) is 0 Å². The minimum absolute atomic E-state index is 0.694. The van der Waals surface area contributed by atoms with Gasteiger partial charge in [0.15, 0.2) is 0 Å². The van der Waals surface area contributed by atoms with Gasteiger partial charge < -0.3 is 10.1 Å². The first kappa shape index (κ1) is 14.7. The molecular formula is C17H20ClNO. The zero-order chi connectivity index (χ0) is 14.4. The van der Waals surface area contributed by atoms with Gasteiger partial charge in [0, 0.05) is 6.54 Å². The third-order valence-electron chi connectivity index (χ3n) is 3.07. The second-order valence-electron chi connectivity index (χ2n) is 4.88. The molecule has 0 aliphatic rings. The van der Waals surface area contributed by atoms with Gasteiger partial charge in [-0.15, -0.1) is 0 Å². The molecule has 0 saturated heterocycles. The zero-order valence-electron chi connectivity index (χ0n) is 11.9. The Morgan fingerprint density at radius 1 is 1.10 bits per heavy atom. The third kappa shape index (κ3) is 4.17. The Hall–Kier alpha value is -1.67. The van der Waals surface area contributed by atoms with Crippen molar-refractivity contribution in [1.82, 2.24) is 0 Å². The molecule has 2 nitrogen and oxygen atoms in total. The molecule has 0 aromatic heterocycles. The van der Waals surface area contributed by atoms with E-state index in [-0.39, 0.29) is 0 Å². The third-order valence-corrected chi connectivity index (χ3v) is 3.36. The lowest BCUT2D eigenvalue weighted by atomic mass is 10.1. The highest BCUT2D eigenvalue weighted by molar-refractivity contribution is 6.33. The summed E-state index contributed by atoms with van der Waals surface area (Å²) < 4.78 is 5.65. The lowest BCUT2D eigenvalue weighted by Gasteiger charge is -2.13. The molecule has 0 heterocycles. The van der Waals surface area contributed by atoms with E-state index in [2.05, 4.69) is 25.2 Å². The number of hydrogen-bond acceptors (Lipinski definition) is 2. The van der Waals surface area contributed by atoms with Crippen LogP contribution in [0.15, 0.2) is 42.5 Å². The summed E-state index contributed by atoms with van der Waals surface area (Å²) in [7, 11) is 0. The average molecular weight is 290 g/mol. The summed E-state index contributed by atoms with van der Waals surface area (Å²) in [4.78, 5) is 0. The Kier molecular flexibility index (Phi) is 5.31. The molecule has 0 spiro atoms. The Bertz CT molecular complexity index is 531. The van der Waals surface area contributed by atoms with Crippen molar-refractivity contribution in [1.29, 1.82) is 0 Å². The topological polar surface area (TPSA) is 21.3 Å². The number of para-hydroxylation sites is 1. The van der Waals surface area contributed by atoms with E-state index < -0.39 is 0 Å². The van der Waals surface area contributed by atoms with Gasteiger partial charge in [-0.25, -0.2) is 0 Å². The number of hydrogen-bond donors (Lipinski definition) is 1. The summed E-state index contributed by atoms with van der Waals surface area (Å²) in [5, 5.41) is 4.17. The summed E-state index contributed by atoms with van der Waals surface area (Å²) in [6, 6.07) is 14.0. The maximum Gasteiger partial charge on any atom is 0.119 e. The van der Waals surface area contributed by atoms with Crippen molar-refractivity contribution >= 4 is 17.3 Å². The van der Waals surface area contributed by atoms with Crippen molar-refractivity contribution < 1.29 is 4.74 Å². The van der Waals surface area contributed by atoms with Crippen molar-refractivity contribution in [2.45, 2.75) is 20.3 Å². The van der Waals surface area contributed by atoms with E-state index in [0.717, 1.165) is 29.4 Å². The molecular weight excluding hydrogens is 270 g/mol. The number of halogens is 1. The first-order valence-corrected chi connectivity index (χ1v) is 7.23. The Morgan fingerprint density at radius 2 is 1.85 bits per heavy atom. The standard InChI is InChI=1S/C17H20ClNO/c1-13-11-14(2)17(16(18)12-13)19-9-6-10-20-15-7-4-3-5-8-15/h3-5,7-8,11-12,19H,6,9-10H2,1-2H3. The van der Waals surface area contributed by atoms with Crippen LogP contribution in [0, 0.1) is 13.8 Å². The first-order chi connectivity index (χ1) is 9.66. The molecule has 2 rings (SSSR count). The lowest BCUT2D eigenvalue weighted by molar-refractivity contribution is 0.315. The molecule has 20 heavy (non-hydrogen) atoms. The largest absolute Gasteiger partial charge is 0.494 e. The molecule has 0 aliphatic carbocycles. The highest BCUT2D eigenvalue weighted by Crippen LogP contribution is 2.27.